The van der Waals surface area contributed by atoms with E-state index in [0.717, 1.165) is 17.1 Å². The Morgan fingerprint density at radius 3 is 2.30 bits per heavy atom. The largest absolute Gasteiger partial charge is 0.497 e. The Kier molecular flexibility index (Phi) is 4.20. The predicted octanol–water partition coefficient (Wildman–Crippen LogP) is 3.13. The fraction of sp³-hybridized carbons (Fsp3) is 0.200. The summed E-state index contributed by atoms with van der Waals surface area (Å²) in [5.41, 5.74) is 8.04. The van der Waals surface area contributed by atoms with Crippen molar-refractivity contribution in [1.82, 2.24) is 4.98 Å². The normalized spacial score (nSPS) is 10.2. The van der Waals surface area contributed by atoms with Crippen LogP contribution in [0.25, 0.3) is 0 Å². The Labute approximate surface area is 123 Å². The molecule has 2 aromatic rings. The predicted molar refractivity (Wildman–Crippen MR) is 82.7 cm³/mol. The second-order valence-electron chi connectivity index (χ2n) is 4.36. The van der Waals surface area contributed by atoms with Crippen LogP contribution in [-0.4, -0.2) is 17.1 Å². The number of aromatic nitrogens is 1. The lowest BCUT2D eigenvalue weighted by Gasteiger charge is -2.13. The number of pyridine rings is 1. The molecule has 0 aliphatic heterocycles. The molecule has 0 amide bonds. The highest BCUT2D eigenvalue weighted by molar-refractivity contribution is 7.80. The van der Waals surface area contributed by atoms with Crippen LogP contribution in [0.4, 0.5) is 0 Å². The molecule has 2 N–H and O–H groups in total. The van der Waals surface area contributed by atoms with Crippen molar-refractivity contribution in [3.63, 3.8) is 0 Å². The van der Waals surface area contributed by atoms with Gasteiger partial charge < -0.3 is 15.2 Å². The summed E-state index contributed by atoms with van der Waals surface area (Å²) in [7, 11) is 1.62. The molecule has 0 aliphatic rings. The number of benzene rings is 1. The molecule has 0 saturated heterocycles. The fourth-order valence-electron chi connectivity index (χ4n) is 1.94. The van der Waals surface area contributed by atoms with E-state index in [9.17, 15) is 0 Å². The Morgan fingerprint density at radius 1 is 1.15 bits per heavy atom. The van der Waals surface area contributed by atoms with Crippen molar-refractivity contribution in [2.75, 3.05) is 7.11 Å². The standard InChI is InChI=1S/C15H16N2O2S/c1-9-8-13(14(15(16)20)10(2)17-9)19-12-6-4-11(18-3)5-7-12/h4-8H,1-3H3,(H2,16,20). The van der Waals surface area contributed by atoms with E-state index in [4.69, 9.17) is 27.4 Å². The quantitative estimate of drug-likeness (QED) is 0.876. The average molecular weight is 288 g/mol. The Bertz CT molecular complexity index is 639. The molecule has 0 spiro atoms. The maximum atomic E-state index is 5.87. The topological polar surface area (TPSA) is 57.4 Å². The van der Waals surface area contributed by atoms with Crippen LogP contribution in [0.1, 0.15) is 17.0 Å². The van der Waals surface area contributed by atoms with Gasteiger partial charge in [-0.1, -0.05) is 12.2 Å². The van der Waals surface area contributed by atoms with Crippen LogP contribution < -0.4 is 15.2 Å². The zero-order chi connectivity index (χ0) is 14.7. The third-order valence-electron chi connectivity index (χ3n) is 2.83. The Hall–Kier alpha value is -2.14. The van der Waals surface area contributed by atoms with Gasteiger partial charge in [0.05, 0.1) is 18.4 Å². The molecule has 1 aromatic heterocycles. The lowest BCUT2D eigenvalue weighted by atomic mass is 10.1. The SMILES string of the molecule is COc1ccc(Oc2cc(C)nc(C)c2C(N)=S)cc1. The average Bonchev–Trinajstić information content (AvgIpc) is 2.38. The molecule has 0 radical (unpaired) electrons. The molecule has 5 heteroatoms. The maximum absolute atomic E-state index is 5.87. The first-order valence-corrected chi connectivity index (χ1v) is 6.52. The van der Waals surface area contributed by atoms with E-state index in [2.05, 4.69) is 4.98 Å². The smallest absolute Gasteiger partial charge is 0.141 e. The van der Waals surface area contributed by atoms with Crippen molar-refractivity contribution >= 4 is 17.2 Å². The molecule has 0 unspecified atom stereocenters. The van der Waals surface area contributed by atoms with Gasteiger partial charge in [-0.15, -0.1) is 0 Å². The number of aryl methyl sites for hydroxylation is 2. The van der Waals surface area contributed by atoms with E-state index in [0.29, 0.717) is 17.1 Å². The summed E-state index contributed by atoms with van der Waals surface area (Å²) in [5.74, 6) is 2.08. The molecule has 0 saturated carbocycles. The molecule has 104 valence electrons. The summed E-state index contributed by atoms with van der Waals surface area (Å²) in [6.45, 7) is 3.76. The van der Waals surface area contributed by atoms with E-state index < -0.39 is 0 Å². The highest BCUT2D eigenvalue weighted by Gasteiger charge is 2.13. The molecular weight excluding hydrogens is 272 g/mol. The van der Waals surface area contributed by atoms with Gasteiger partial charge in [-0.25, -0.2) is 0 Å². The minimum Gasteiger partial charge on any atom is -0.497 e. The summed E-state index contributed by atoms with van der Waals surface area (Å²) in [6, 6.07) is 9.14. The van der Waals surface area contributed by atoms with Crippen molar-refractivity contribution in [2.24, 2.45) is 5.73 Å². The summed E-state index contributed by atoms with van der Waals surface area (Å²) < 4.78 is 11.0. The molecule has 2 rings (SSSR count). The first-order valence-electron chi connectivity index (χ1n) is 6.11. The highest BCUT2D eigenvalue weighted by atomic mass is 32.1. The van der Waals surface area contributed by atoms with E-state index in [1.165, 1.54) is 0 Å². The van der Waals surface area contributed by atoms with Gasteiger partial charge in [-0.05, 0) is 38.1 Å². The monoisotopic (exact) mass is 288 g/mol. The van der Waals surface area contributed by atoms with Crippen LogP contribution >= 0.6 is 12.2 Å². The zero-order valence-corrected chi connectivity index (χ0v) is 12.5. The van der Waals surface area contributed by atoms with Crippen molar-refractivity contribution in [3.8, 4) is 17.2 Å². The molecule has 1 heterocycles. The molecule has 0 bridgehead atoms. The van der Waals surface area contributed by atoms with Gasteiger partial charge >= 0.3 is 0 Å². The lowest BCUT2D eigenvalue weighted by molar-refractivity contribution is 0.412. The number of nitrogens with zero attached hydrogens (tertiary/aromatic N) is 1. The van der Waals surface area contributed by atoms with Crippen molar-refractivity contribution < 1.29 is 9.47 Å². The maximum Gasteiger partial charge on any atom is 0.141 e. The van der Waals surface area contributed by atoms with Crippen LogP contribution in [0.15, 0.2) is 30.3 Å². The van der Waals surface area contributed by atoms with E-state index in [1.54, 1.807) is 7.11 Å². The number of hydrogen-bond acceptors (Lipinski definition) is 4. The number of ether oxygens (including phenoxy) is 2. The molecule has 0 aliphatic carbocycles. The van der Waals surface area contributed by atoms with Crippen LogP contribution in [0.3, 0.4) is 0 Å². The van der Waals surface area contributed by atoms with Crippen molar-refractivity contribution in [1.29, 1.82) is 0 Å². The molecule has 1 aromatic carbocycles. The van der Waals surface area contributed by atoms with Crippen LogP contribution in [0.5, 0.6) is 17.2 Å². The van der Waals surface area contributed by atoms with Crippen molar-refractivity contribution in [2.45, 2.75) is 13.8 Å². The second-order valence-corrected chi connectivity index (χ2v) is 4.80. The summed E-state index contributed by atoms with van der Waals surface area (Å²) in [5, 5.41) is 0. The molecule has 0 fully saturated rings. The minimum absolute atomic E-state index is 0.276. The van der Waals surface area contributed by atoms with Crippen LogP contribution in [0, 0.1) is 13.8 Å². The highest BCUT2D eigenvalue weighted by Crippen LogP contribution is 2.28. The third-order valence-corrected chi connectivity index (χ3v) is 3.03. The molecule has 20 heavy (non-hydrogen) atoms. The first kappa shape index (κ1) is 14.3. The number of hydrogen-bond donors (Lipinski definition) is 1. The molecule has 0 atom stereocenters. The van der Waals surface area contributed by atoms with Crippen LogP contribution in [-0.2, 0) is 0 Å². The van der Waals surface area contributed by atoms with E-state index >= 15 is 0 Å². The fourth-order valence-corrected chi connectivity index (χ4v) is 2.19. The van der Waals surface area contributed by atoms with Gasteiger partial charge in [-0.3, -0.25) is 4.98 Å². The van der Waals surface area contributed by atoms with Gasteiger partial charge in [-0.2, -0.15) is 0 Å². The number of thiocarbonyl (C=S) groups is 1. The third kappa shape index (κ3) is 3.05. The van der Waals surface area contributed by atoms with Gasteiger partial charge in [0.15, 0.2) is 0 Å². The summed E-state index contributed by atoms with van der Waals surface area (Å²) in [6.07, 6.45) is 0. The van der Waals surface area contributed by atoms with E-state index in [-0.39, 0.29) is 4.99 Å². The first-order chi connectivity index (χ1) is 9.51. The Balaban J connectivity index is 2.39. The molecule has 4 nitrogen and oxygen atoms in total. The Morgan fingerprint density at radius 2 is 1.75 bits per heavy atom. The van der Waals surface area contributed by atoms with Crippen molar-refractivity contribution in [3.05, 3.63) is 47.3 Å². The zero-order valence-electron chi connectivity index (χ0n) is 11.6. The second kappa shape index (κ2) is 5.88. The summed E-state index contributed by atoms with van der Waals surface area (Å²) >= 11 is 5.07. The minimum atomic E-state index is 0.276. The van der Waals surface area contributed by atoms with Gasteiger partial charge in [0.2, 0.25) is 0 Å². The number of methoxy groups -OCH3 is 1. The van der Waals surface area contributed by atoms with E-state index in [1.807, 2.05) is 44.2 Å². The summed E-state index contributed by atoms with van der Waals surface area (Å²) in [4.78, 5) is 4.63. The van der Waals surface area contributed by atoms with Gasteiger partial charge in [0, 0.05) is 11.8 Å². The van der Waals surface area contributed by atoms with Gasteiger partial charge in [0.25, 0.3) is 0 Å². The van der Waals surface area contributed by atoms with Gasteiger partial charge in [0.1, 0.15) is 22.2 Å². The number of nitrogens with two attached hydrogens (primary N) is 1. The molecular formula is C15H16N2O2S. The number of rotatable bonds is 4. The lowest BCUT2D eigenvalue weighted by Crippen LogP contribution is -2.14. The van der Waals surface area contributed by atoms with Crippen LogP contribution in [0.2, 0.25) is 0 Å².